The van der Waals surface area contributed by atoms with E-state index in [1.165, 1.54) is 12.1 Å². The third-order valence-corrected chi connectivity index (χ3v) is 6.69. The first-order valence-electron chi connectivity index (χ1n) is 11.5. The Morgan fingerprint density at radius 3 is 2.64 bits per heavy atom. The number of carbonyl (C=O) groups is 2. The Balaban J connectivity index is 1.23. The van der Waals surface area contributed by atoms with E-state index in [0.29, 0.717) is 38.4 Å². The highest BCUT2D eigenvalue weighted by molar-refractivity contribution is 6.05. The number of pyridine rings is 1. The first kappa shape index (κ1) is 21.5. The van der Waals surface area contributed by atoms with Crippen LogP contribution in [-0.2, 0) is 11.3 Å². The van der Waals surface area contributed by atoms with Crippen molar-refractivity contribution >= 4 is 22.6 Å². The summed E-state index contributed by atoms with van der Waals surface area (Å²) < 4.78 is 13.2. The van der Waals surface area contributed by atoms with Gasteiger partial charge in [0.25, 0.3) is 5.91 Å². The minimum Gasteiger partial charge on any atom is -0.337 e. The maximum absolute atomic E-state index is 13.3. The number of benzene rings is 2. The van der Waals surface area contributed by atoms with Gasteiger partial charge in [-0.15, -0.1) is 0 Å². The molecule has 0 bridgehead atoms. The molecule has 0 aliphatic carbocycles. The van der Waals surface area contributed by atoms with E-state index in [-0.39, 0.29) is 23.7 Å². The summed E-state index contributed by atoms with van der Waals surface area (Å²) in [6.07, 6.45) is 3.28. The topological polar surface area (TPSA) is 56.8 Å². The zero-order valence-electron chi connectivity index (χ0n) is 18.5. The second-order valence-corrected chi connectivity index (χ2v) is 8.75. The van der Waals surface area contributed by atoms with Gasteiger partial charge in [0.2, 0.25) is 5.91 Å². The molecular formula is C26H27FN4O2. The van der Waals surface area contributed by atoms with Gasteiger partial charge in [-0.2, -0.15) is 0 Å². The number of hydrogen-bond acceptors (Lipinski definition) is 4. The highest BCUT2D eigenvalue weighted by atomic mass is 19.1. The molecule has 3 aromatic rings. The minimum absolute atomic E-state index is 0.0515. The molecule has 7 heteroatoms. The molecule has 2 fully saturated rings. The molecule has 2 aliphatic rings. The van der Waals surface area contributed by atoms with Crippen molar-refractivity contribution in [2.24, 2.45) is 0 Å². The second kappa shape index (κ2) is 9.27. The first-order chi connectivity index (χ1) is 16.1. The Morgan fingerprint density at radius 1 is 0.970 bits per heavy atom. The zero-order chi connectivity index (χ0) is 22.8. The lowest BCUT2D eigenvalue weighted by Gasteiger charge is -2.26. The maximum Gasteiger partial charge on any atom is 0.273 e. The van der Waals surface area contributed by atoms with E-state index in [2.05, 4.69) is 9.88 Å². The van der Waals surface area contributed by atoms with Gasteiger partial charge in [0, 0.05) is 50.9 Å². The monoisotopic (exact) mass is 446 g/mol. The molecule has 1 aromatic heterocycles. The predicted molar refractivity (Wildman–Crippen MR) is 124 cm³/mol. The molecule has 3 heterocycles. The van der Waals surface area contributed by atoms with Gasteiger partial charge in [-0.25, -0.2) is 4.39 Å². The van der Waals surface area contributed by atoms with Crippen LogP contribution < -0.4 is 0 Å². The van der Waals surface area contributed by atoms with Crippen molar-refractivity contribution in [3.8, 4) is 0 Å². The van der Waals surface area contributed by atoms with Crippen LogP contribution in [0.3, 0.4) is 0 Å². The quantitative estimate of drug-likeness (QED) is 0.617. The summed E-state index contributed by atoms with van der Waals surface area (Å²) in [6.45, 7) is 3.87. The molecule has 2 amide bonds. The Bertz CT molecular complexity index is 1160. The molecule has 0 unspecified atom stereocenters. The molecule has 2 aromatic carbocycles. The van der Waals surface area contributed by atoms with E-state index in [4.69, 9.17) is 0 Å². The number of likely N-dealkylation sites (tertiary alicyclic amines) is 1. The van der Waals surface area contributed by atoms with Gasteiger partial charge in [0.1, 0.15) is 11.5 Å². The highest BCUT2D eigenvalue weighted by Crippen LogP contribution is 2.23. The van der Waals surface area contributed by atoms with Crippen LogP contribution >= 0.6 is 0 Å². The van der Waals surface area contributed by atoms with Gasteiger partial charge in [-0.3, -0.25) is 19.5 Å². The van der Waals surface area contributed by atoms with Gasteiger partial charge in [-0.1, -0.05) is 36.4 Å². The standard InChI is InChI=1S/C26H27FN4O2/c27-21-8-6-19(7-9-21)18-31-15-11-23(25(31)32)29-13-3-14-30(17-16-29)26(33)24-22-5-2-1-4-20(22)10-12-28-24/h1-2,4-10,12,23H,3,11,13-18H2/t23-/m1/s1. The van der Waals surface area contributed by atoms with Crippen LogP contribution in [0.15, 0.2) is 60.8 Å². The average Bonchev–Trinajstić information content (AvgIpc) is 3.04. The molecule has 0 N–H and O–H groups in total. The largest absolute Gasteiger partial charge is 0.337 e. The van der Waals surface area contributed by atoms with Gasteiger partial charge < -0.3 is 9.80 Å². The molecule has 2 saturated heterocycles. The van der Waals surface area contributed by atoms with Gasteiger partial charge in [0.05, 0.1) is 6.04 Å². The lowest BCUT2D eigenvalue weighted by molar-refractivity contribution is -0.132. The summed E-state index contributed by atoms with van der Waals surface area (Å²) >= 11 is 0. The summed E-state index contributed by atoms with van der Waals surface area (Å²) in [5.41, 5.74) is 1.42. The fourth-order valence-corrected chi connectivity index (χ4v) is 4.92. The molecule has 1 atom stereocenters. The number of aromatic nitrogens is 1. The van der Waals surface area contributed by atoms with Crippen molar-refractivity contribution in [1.82, 2.24) is 19.7 Å². The lowest BCUT2D eigenvalue weighted by atomic mass is 10.1. The van der Waals surface area contributed by atoms with Crippen molar-refractivity contribution in [3.63, 3.8) is 0 Å². The normalized spacial score (nSPS) is 19.8. The van der Waals surface area contributed by atoms with Crippen LogP contribution in [0.5, 0.6) is 0 Å². The number of halogens is 1. The lowest BCUT2D eigenvalue weighted by Crippen LogP contribution is -2.44. The van der Waals surface area contributed by atoms with Crippen molar-refractivity contribution in [3.05, 3.63) is 77.9 Å². The summed E-state index contributed by atoms with van der Waals surface area (Å²) in [5, 5.41) is 1.87. The van der Waals surface area contributed by atoms with Crippen molar-refractivity contribution in [2.45, 2.75) is 25.4 Å². The van der Waals surface area contributed by atoms with Crippen LogP contribution in [0.1, 0.15) is 28.9 Å². The van der Waals surface area contributed by atoms with Gasteiger partial charge in [0.15, 0.2) is 0 Å². The third kappa shape index (κ3) is 4.46. The Hall–Kier alpha value is -3.32. The summed E-state index contributed by atoms with van der Waals surface area (Å²) in [6, 6.07) is 15.9. The molecule has 0 saturated carbocycles. The zero-order valence-corrected chi connectivity index (χ0v) is 18.5. The fourth-order valence-electron chi connectivity index (χ4n) is 4.92. The van der Waals surface area contributed by atoms with E-state index in [1.807, 2.05) is 40.1 Å². The van der Waals surface area contributed by atoms with E-state index in [1.54, 1.807) is 18.3 Å². The molecule has 0 spiro atoms. The van der Waals surface area contributed by atoms with Crippen LogP contribution in [0.2, 0.25) is 0 Å². The van der Waals surface area contributed by atoms with Crippen molar-refractivity contribution in [2.75, 3.05) is 32.7 Å². The van der Waals surface area contributed by atoms with Crippen LogP contribution in [0.25, 0.3) is 10.8 Å². The molecule has 6 nitrogen and oxygen atoms in total. The number of carbonyl (C=O) groups excluding carboxylic acids is 2. The molecule has 2 aliphatic heterocycles. The van der Waals surface area contributed by atoms with E-state index < -0.39 is 0 Å². The highest BCUT2D eigenvalue weighted by Gasteiger charge is 2.37. The Labute approximate surface area is 192 Å². The van der Waals surface area contributed by atoms with Gasteiger partial charge in [-0.05, 0) is 42.0 Å². The van der Waals surface area contributed by atoms with Crippen LogP contribution in [-0.4, -0.2) is 70.3 Å². The van der Waals surface area contributed by atoms with Crippen LogP contribution in [0, 0.1) is 5.82 Å². The molecular weight excluding hydrogens is 419 g/mol. The minimum atomic E-state index is -0.272. The smallest absolute Gasteiger partial charge is 0.273 e. The summed E-state index contributed by atoms with van der Waals surface area (Å²) in [7, 11) is 0. The average molecular weight is 447 g/mol. The van der Waals surface area contributed by atoms with Crippen LogP contribution in [0.4, 0.5) is 4.39 Å². The SMILES string of the molecule is O=C(c1nccc2ccccc12)N1CCCN([C@@H]2CCN(Cc3ccc(F)cc3)C2=O)CC1. The molecule has 33 heavy (non-hydrogen) atoms. The van der Waals surface area contributed by atoms with E-state index in [9.17, 15) is 14.0 Å². The summed E-state index contributed by atoms with van der Waals surface area (Å²) in [5.74, 6) is -0.203. The second-order valence-electron chi connectivity index (χ2n) is 8.75. The number of hydrogen-bond donors (Lipinski definition) is 0. The first-order valence-corrected chi connectivity index (χ1v) is 11.5. The molecule has 0 radical (unpaired) electrons. The van der Waals surface area contributed by atoms with E-state index in [0.717, 1.165) is 35.7 Å². The molecule has 170 valence electrons. The number of rotatable bonds is 4. The number of nitrogens with zero attached hydrogens (tertiary/aromatic N) is 4. The number of amides is 2. The summed E-state index contributed by atoms with van der Waals surface area (Å²) in [4.78, 5) is 36.7. The maximum atomic E-state index is 13.3. The Morgan fingerprint density at radius 2 is 1.79 bits per heavy atom. The van der Waals surface area contributed by atoms with Crippen molar-refractivity contribution < 1.29 is 14.0 Å². The van der Waals surface area contributed by atoms with Gasteiger partial charge >= 0.3 is 0 Å². The third-order valence-electron chi connectivity index (χ3n) is 6.69. The van der Waals surface area contributed by atoms with E-state index >= 15 is 0 Å². The fraction of sp³-hybridized carbons (Fsp3) is 0.346. The Kier molecular flexibility index (Phi) is 6.05. The van der Waals surface area contributed by atoms with Crippen molar-refractivity contribution in [1.29, 1.82) is 0 Å². The predicted octanol–water partition coefficient (Wildman–Crippen LogP) is 3.32. The molecule has 5 rings (SSSR count). The number of fused-ring (bicyclic) bond motifs is 1.